The molecule has 0 saturated heterocycles. The Hall–Kier alpha value is -2.92. The van der Waals surface area contributed by atoms with Gasteiger partial charge in [-0.3, -0.25) is 9.78 Å². The summed E-state index contributed by atoms with van der Waals surface area (Å²) in [6.07, 6.45) is 3.64. The molecule has 2 aromatic heterocycles. The van der Waals surface area contributed by atoms with Gasteiger partial charge in [0.2, 0.25) is 0 Å². The summed E-state index contributed by atoms with van der Waals surface area (Å²) in [5.41, 5.74) is 14.3. The Kier molecular flexibility index (Phi) is 6.08. The molecule has 1 saturated carbocycles. The van der Waals surface area contributed by atoms with Crippen molar-refractivity contribution in [2.24, 2.45) is 0 Å². The van der Waals surface area contributed by atoms with Crippen molar-refractivity contribution in [2.75, 3.05) is 5.73 Å². The Morgan fingerprint density at radius 2 is 2.06 bits per heavy atom. The maximum Gasteiger partial charge on any atom is 0.255 e. The number of nitrogens with zero attached hydrogens (tertiary/aromatic N) is 3. The average Bonchev–Trinajstić information content (AvgIpc) is 3.57. The number of ether oxygens (including phenoxy) is 1. The second-order valence-corrected chi connectivity index (χ2v) is 15.6. The van der Waals surface area contributed by atoms with Gasteiger partial charge in [-0.2, -0.15) is 0 Å². The van der Waals surface area contributed by atoms with Gasteiger partial charge in [-0.25, -0.2) is 4.98 Å². The first-order valence-electron chi connectivity index (χ1n) is 11.9. The molecule has 1 aromatic carbocycles. The molecule has 1 amide bonds. The van der Waals surface area contributed by atoms with Crippen molar-refractivity contribution in [3.8, 4) is 11.5 Å². The quantitative estimate of drug-likeness (QED) is 0.375. The van der Waals surface area contributed by atoms with Crippen molar-refractivity contribution in [3.05, 3.63) is 63.4 Å². The van der Waals surface area contributed by atoms with Crippen molar-refractivity contribution in [3.63, 3.8) is 0 Å². The minimum absolute atomic E-state index is 0.0960. The molecule has 180 valence electrons. The van der Waals surface area contributed by atoms with Crippen LogP contribution in [0.3, 0.4) is 0 Å². The molecular weight excluding hydrogens is 476 g/mol. The van der Waals surface area contributed by atoms with Crippen LogP contribution in [0.1, 0.15) is 58.6 Å². The largest absolute Gasteiger partial charge is 0.383 e. The van der Waals surface area contributed by atoms with Crippen molar-refractivity contribution < 1.29 is 9.53 Å². The van der Waals surface area contributed by atoms with E-state index in [1.807, 2.05) is 30.0 Å². The van der Waals surface area contributed by atoms with Crippen LogP contribution < -0.4 is 5.73 Å². The van der Waals surface area contributed by atoms with Crippen LogP contribution in [-0.2, 0) is 17.9 Å². The van der Waals surface area contributed by atoms with Crippen molar-refractivity contribution in [2.45, 2.75) is 64.7 Å². The van der Waals surface area contributed by atoms with E-state index in [1.165, 1.54) is 0 Å². The number of aromatic nitrogens is 2. The van der Waals surface area contributed by atoms with Crippen LogP contribution in [0.4, 0.5) is 5.82 Å². The van der Waals surface area contributed by atoms with E-state index in [4.69, 9.17) is 22.1 Å². The number of pyridine rings is 2. The lowest BCUT2D eigenvalue weighted by molar-refractivity contribution is 0.0727. The van der Waals surface area contributed by atoms with E-state index in [9.17, 15) is 4.79 Å². The van der Waals surface area contributed by atoms with Crippen molar-refractivity contribution in [1.82, 2.24) is 14.9 Å². The van der Waals surface area contributed by atoms with Crippen LogP contribution in [0.5, 0.6) is 0 Å². The third-order valence-electron chi connectivity index (χ3n) is 6.35. The Labute approximate surface area is 211 Å². The lowest BCUT2D eigenvalue weighted by atomic mass is 10.00. The summed E-state index contributed by atoms with van der Waals surface area (Å²) in [6.45, 7) is 9.47. The van der Waals surface area contributed by atoms with Gasteiger partial charge < -0.3 is 15.4 Å². The van der Waals surface area contributed by atoms with E-state index in [0.717, 1.165) is 40.6 Å². The predicted molar refractivity (Wildman–Crippen MR) is 142 cm³/mol. The second-order valence-electron chi connectivity index (χ2n) is 10.4. The van der Waals surface area contributed by atoms with Gasteiger partial charge >= 0.3 is 0 Å². The van der Waals surface area contributed by atoms with Crippen molar-refractivity contribution in [1.29, 1.82) is 0 Å². The summed E-state index contributed by atoms with van der Waals surface area (Å²) in [7, 11) is -1.45. The molecule has 8 heteroatoms. The molecule has 1 atom stereocenters. The number of amides is 1. The second kappa shape index (κ2) is 8.94. The summed E-state index contributed by atoms with van der Waals surface area (Å²) in [6, 6.07) is 7.72. The lowest BCUT2D eigenvalue weighted by Crippen LogP contribution is -2.33. The van der Waals surface area contributed by atoms with Crippen molar-refractivity contribution >= 4 is 42.3 Å². The molecule has 0 spiro atoms. The number of carbonyl (C=O) groups excluding carboxylic acids is 1. The number of carbonyl (C=O) groups is 1. The Morgan fingerprint density at radius 1 is 1.29 bits per heavy atom. The van der Waals surface area contributed by atoms with Gasteiger partial charge in [0, 0.05) is 28.8 Å². The van der Waals surface area contributed by atoms with E-state index < -0.39 is 8.07 Å². The predicted octanol–water partition coefficient (Wildman–Crippen LogP) is 5.49. The van der Waals surface area contributed by atoms with Crippen LogP contribution in [0.25, 0.3) is 10.9 Å². The third kappa shape index (κ3) is 4.92. The van der Waals surface area contributed by atoms with E-state index in [1.54, 1.807) is 12.3 Å². The molecule has 0 bridgehead atoms. The van der Waals surface area contributed by atoms with Crippen LogP contribution >= 0.6 is 11.6 Å². The molecule has 5 rings (SSSR count). The minimum atomic E-state index is -1.45. The number of nitrogen functional groups attached to an aromatic ring is 1. The number of hydrogen-bond acceptors (Lipinski definition) is 5. The average molecular weight is 505 g/mol. The summed E-state index contributed by atoms with van der Waals surface area (Å²) in [4.78, 5) is 24.7. The zero-order valence-electron chi connectivity index (χ0n) is 20.5. The fourth-order valence-electron chi connectivity index (χ4n) is 4.39. The molecule has 3 aromatic rings. The number of anilines is 1. The third-order valence-corrected chi connectivity index (χ3v) is 7.54. The topological polar surface area (TPSA) is 81.3 Å². The highest BCUT2D eigenvalue weighted by Gasteiger charge is 2.35. The molecule has 2 N–H and O–H groups in total. The summed E-state index contributed by atoms with van der Waals surface area (Å²) in [5.74, 6) is 3.59. The number of halogens is 1. The van der Waals surface area contributed by atoms with Gasteiger partial charge in [0.25, 0.3) is 5.91 Å². The molecule has 1 aliphatic heterocycles. The Balaban J connectivity index is 1.45. The smallest absolute Gasteiger partial charge is 0.255 e. The van der Waals surface area contributed by atoms with Crippen LogP contribution in [0, 0.1) is 11.5 Å². The number of fused-ring (bicyclic) bond motifs is 3. The zero-order valence-corrected chi connectivity index (χ0v) is 22.2. The molecule has 3 heterocycles. The first-order chi connectivity index (χ1) is 16.6. The SMILES string of the molecule is CC1OCc2c1c(N)nc1cc(Cl)c(C(=O)N(Cc3ccc(C#C[Si](C)(C)C)cn3)C3CC3)cc21. The molecule has 1 aliphatic carbocycles. The molecule has 1 unspecified atom stereocenters. The van der Waals surface area contributed by atoms with Gasteiger partial charge in [0.1, 0.15) is 13.9 Å². The highest BCUT2D eigenvalue weighted by atomic mass is 35.5. The van der Waals surface area contributed by atoms with E-state index in [2.05, 4.69) is 41.1 Å². The van der Waals surface area contributed by atoms with Gasteiger partial charge in [0.15, 0.2) is 0 Å². The summed E-state index contributed by atoms with van der Waals surface area (Å²) in [5, 5.41) is 1.24. The van der Waals surface area contributed by atoms with Crippen LogP contribution in [0.15, 0.2) is 30.5 Å². The minimum Gasteiger partial charge on any atom is -0.383 e. The first-order valence-corrected chi connectivity index (χ1v) is 15.8. The Morgan fingerprint density at radius 3 is 2.71 bits per heavy atom. The number of benzene rings is 1. The van der Waals surface area contributed by atoms with Gasteiger partial charge in [-0.1, -0.05) is 37.2 Å². The first kappa shape index (κ1) is 23.8. The standard InChI is InChI=1S/C27H29ClN4O2Si/c1-16-25-22(15-34-16)20-11-21(23(28)12-24(20)31-26(25)29)27(33)32(19-7-8-19)14-18-6-5-17(13-30-18)9-10-35(2,3)4/h5-6,11-13,16,19H,7-8,14-15H2,1-4H3,(H2,29,31). The molecular formula is C27H29ClN4O2Si. The van der Waals surface area contributed by atoms with Gasteiger partial charge in [0.05, 0.1) is 41.1 Å². The molecule has 35 heavy (non-hydrogen) atoms. The highest BCUT2D eigenvalue weighted by molar-refractivity contribution is 6.83. The Bertz CT molecular complexity index is 1390. The van der Waals surface area contributed by atoms with E-state index >= 15 is 0 Å². The van der Waals surface area contributed by atoms with E-state index in [0.29, 0.717) is 35.1 Å². The summed E-state index contributed by atoms with van der Waals surface area (Å²) >= 11 is 6.61. The fourth-order valence-corrected chi connectivity index (χ4v) is 5.14. The normalized spacial score (nSPS) is 17.1. The molecule has 6 nitrogen and oxygen atoms in total. The fraction of sp³-hybridized carbons (Fsp3) is 0.370. The maximum absolute atomic E-state index is 13.7. The van der Waals surface area contributed by atoms with Crippen LogP contribution in [0.2, 0.25) is 24.7 Å². The monoisotopic (exact) mass is 504 g/mol. The van der Waals surface area contributed by atoms with E-state index in [-0.39, 0.29) is 18.1 Å². The van der Waals surface area contributed by atoms with Gasteiger partial charge in [-0.15, -0.1) is 5.54 Å². The highest BCUT2D eigenvalue weighted by Crippen LogP contribution is 2.40. The van der Waals surface area contributed by atoms with Crippen LogP contribution in [-0.4, -0.2) is 34.9 Å². The number of nitrogens with two attached hydrogens (primary N) is 1. The molecule has 1 fully saturated rings. The lowest BCUT2D eigenvalue weighted by Gasteiger charge is -2.23. The summed E-state index contributed by atoms with van der Waals surface area (Å²) < 4.78 is 5.80. The number of hydrogen-bond donors (Lipinski definition) is 1. The molecule has 0 radical (unpaired) electrons. The zero-order chi connectivity index (χ0) is 24.9. The molecule has 2 aliphatic rings. The maximum atomic E-state index is 13.7. The van der Waals surface area contributed by atoms with Gasteiger partial charge in [-0.05, 0) is 49.6 Å². The number of rotatable bonds is 4.